The molecule has 1 fully saturated rings. The molecule has 616 valence electrons. The summed E-state index contributed by atoms with van der Waals surface area (Å²) in [6.07, 6.45) is 13.6. The quantitative estimate of drug-likeness (QED) is 0.0352. The molecule has 20 heteroatoms. The highest BCUT2D eigenvalue weighted by atomic mass is 16.3. The van der Waals surface area contributed by atoms with Gasteiger partial charge in [-0.15, -0.1) is 0 Å². The van der Waals surface area contributed by atoms with E-state index in [1.807, 2.05) is 176 Å². The number of nitrogens with one attached hydrogen (secondary N) is 4. The van der Waals surface area contributed by atoms with Gasteiger partial charge in [0.15, 0.2) is 23.3 Å². The Morgan fingerprint density at radius 3 is 1.02 bits per heavy atom. The second kappa shape index (κ2) is 37.4. The zero-order chi connectivity index (χ0) is 85.0. The van der Waals surface area contributed by atoms with Crippen molar-refractivity contribution in [3.05, 3.63) is 368 Å². The van der Waals surface area contributed by atoms with E-state index in [4.69, 9.17) is 34.9 Å². The Morgan fingerprint density at radius 1 is 0.323 bits per heavy atom. The summed E-state index contributed by atoms with van der Waals surface area (Å²) in [6, 6.07) is 85.9. The molecule has 124 heavy (non-hydrogen) atoms. The molecule has 0 aliphatic heterocycles. The number of aryl methyl sites for hydroxylation is 1. The van der Waals surface area contributed by atoms with Crippen LogP contribution in [0.15, 0.2) is 267 Å². The normalized spacial score (nSPS) is 12.6. The molecule has 4 aromatic heterocycles. The van der Waals surface area contributed by atoms with Gasteiger partial charge < -0.3 is 41.7 Å². The Hall–Kier alpha value is -14.9. The highest BCUT2D eigenvalue weighted by molar-refractivity contribution is 5.95. The first-order chi connectivity index (χ1) is 60.5. The summed E-state index contributed by atoms with van der Waals surface area (Å²) >= 11 is 0. The summed E-state index contributed by atoms with van der Waals surface area (Å²) in [4.78, 5) is 89.1. The van der Waals surface area contributed by atoms with Gasteiger partial charge in [-0.1, -0.05) is 213 Å². The summed E-state index contributed by atoms with van der Waals surface area (Å²) in [6.45, 7) is 1.47. The van der Waals surface area contributed by atoms with Crippen molar-refractivity contribution < 1.29 is 39.6 Å². The smallest absolute Gasteiger partial charge is 0.229 e. The van der Waals surface area contributed by atoms with Crippen LogP contribution < -0.4 is 21.3 Å². The Bertz CT molecular complexity index is 6490. The standard InChI is InChI=1S/C30H23N3O2.C28H25N3O2.C26H27N3O2.C20H17N3O2/c34-24-12-13-25-23(17-24)18-26-29(25)31-27(15-19-6-2-1-3-7-19)30(32-26)33-28(35)16-20-10-11-21-8-4-5-9-22(21)14-20;32-22-14-15-23-21(17-22)18-24-27(23)29-25(16-20-10-5-2-6-11-20)28(30-24)31-26(33)13-7-12-19-8-3-1-4-9-19;30-20-11-12-21-19(15-20)16-22-25(21)27-23(13-17-7-3-1-4-8-17)26(28-22)29-24(31)14-18-9-5-2-6-10-18;1-12(24)21-20-18(9-13-5-3-2-4-6-13)22-19-16-8-7-15(25)10-14(16)11-17(19)23-20/h1-14,17,34H,15-16,18H2,(H,32,33,35);1-6,8-11,14-15,17,32H,7,12-13,16,18H2,(H,30,31,33);1,3-4,7-8,11-12,15,18,30H,2,5-6,9-10,13-14,16H2,(H,28,29,31);2-8,10,25H,9,11H2,1H3,(H,21,23,24). The molecule has 0 bridgehead atoms. The van der Waals surface area contributed by atoms with Gasteiger partial charge in [0.25, 0.3) is 0 Å². The summed E-state index contributed by atoms with van der Waals surface area (Å²) in [5, 5.41) is 53.5. The van der Waals surface area contributed by atoms with Crippen LogP contribution >= 0.6 is 0 Å². The third-order valence-electron chi connectivity index (χ3n) is 23.0. The zero-order valence-corrected chi connectivity index (χ0v) is 68.7. The molecule has 8 N–H and O–H groups in total. The minimum Gasteiger partial charge on any atom is -0.508 e. The van der Waals surface area contributed by atoms with Crippen LogP contribution in [0, 0.1) is 5.92 Å². The molecule has 1 saturated carbocycles. The highest BCUT2D eigenvalue weighted by Gasteiger charge is 2.31. The maximum Gasteiger partial charge on any atom is 0.229 e. The molecule has 0 unspecified atom stereocenters. The predicted octanol–water partition coefficient (Wildman–Crippen LogP) is 19.5. The van der Waals surface area contributed by atoms with Crippen molar-refractivity contribution in [1.29, 1.82) is 0 Å². The number of aromatic hydroxyl groups is 4. The van der Waals surface area contributed by atoms with Crippen molar-refractivity contribution in [2.24, 2.45) is 5.92 Å². The monoisotopic (exact) mass is 1640 g/mol. The van der Waals surface area contributed by atoms with Crippen LogP contribution in [-0.2, 0) is 83.4 Å². The fourth-order valence-corrected chi connectivity index (χ4v) is 17.0. The van der Waals surface area contributed by atoms with Crippen LogP contribution in [0.5, 0.6) is 23.0 Å². The summed E-state index contributed by atoms with van der Waals surface area (Å²) in [5.41, 5.74) is 24.2. The number of benzene rings is 11. The Morgan fingerprint density at radius 2 is 0.653 bits per heavy atom. The first-order valence-corrected chi connectivity index (χ1v) is 42.3. The van der Waals surface area contributed by atoms with Gasteiger partial charge in [0.1, 0.15) is 23.0 Å². The third kappa shape index (κ3) is 19.7. The molecule has 5 aliphatic rings. The van der Waals surface area contributed by atoms with Crippen molar-refractivity contribution in [3.63, 3.8) is 0 Å². The molecular formula is C104H92N12O8. The predicted molar refractivity (Wildman–Crippen MR) is 483 cm³/mol. The zero-order valence-electron chi connectivity index (χ0n) is 68.7. The lowest BCUT2D eigenvalue weighted by atomic mass is 9.87. The number of fused-ring (bicyclic) bond motifs is 13. The number of amides is 4. The topological polar surface area (TPSA) is 300 Å². The van der Waals surface area contributed by atoms with Crippen LogP contribution in [0.2, 0.25) is 0 Å². The molecule has 0 radical (unpaired) electrons. The van der Waals surface area contributed by atoms with E-state index in [0.717, 1.165) is 177 Å². The Balaban J connectivity index is 0.000000118. The van der Waals surface area contributed by atoms with Gasteiger partial charge in [-0.25, -0.2) is 39.9 Å². The lowest BCUT2D eigenvalue weighted by Crippen LogP contribution is -2.20. The molecule has 4 amide bonds. The van der Waals surface area contributed by atoms with Gasteiger partial charge in [-0.05, 0) is 171 Å². The first kappa shape index (κ1) is 81.4. The molecule has 4 heterocycles. The van der Waals surface area contributed by atoms with Crippen LogP contribution in [0.25, 0.3) is 55.8 Å². The van der Waals surface area contributed by atoms with E-state index in [-0.39, 0.29) is 53.0 Å². The maximum absolute atomic E-state index is 13.1. The van der Waals surface area contributed by atoms with Crippen LogP contribution in [0.3, 0.4) is 0 Å². The number of carbonyl (C=O) groups is 4. The van der Waals surface area contributed by atoms with Crippen molar-refractivity contribution in [3.8, 4) is 68.0 Å². The Kier molecular flexibility index (Phi) is 24.6. The minimum absolute atomic E-state index is 0.0311. The van der Waals surface area contributed by atoms with Crippen LogP contribution in [0.4, 0.5) is 23.3 Å². The van der Waals surface area contributed by atoms with Crippen LogP contribution in [0.1, 0.15) is 159 Å². The summed E-state index contributed by atoms with van der Waals surface area (Å²) < 4.78 is 0. The number of anilines is 4. The molecule has 0 spiro atoms. The summed E-state index contributed by atoms with van der Waals surface area (Å²) in [5.74, 6) is 3.20. The number of nitrogens with zero attached hydrogens (tertiary/aromatic N) is 8. The van der Waals surface area contributed by atoms with Crippen molar-refractivity contribution >= 4 is 57.7 Å². The number of aromatic nitrogens is 8. The van der Waals surface area contributed by atoms with Gasteiger partial charge in [0, 0.05) is 93.4 Å². The molecule has 0 saturated heterocycles. The molecule has 20 nitrogen and oxygen atoms in total. The number of rotatable bonds is 20. The molecule has 5 aliphatic carbocycles. The lowest BCUT2D eigenvalue weighted by Gasteiger charge is -2.21. The number of phenols is 4. The number of phenolic OH excluding ortho intramolecular Hbond substituents is 4. The minimum atomic E-state index is -0.170. The number of hydrogen-bond acceptors (Lipinski definition) is 16. The van der Waals surface area contributed by atoms with E-state index in [0.29, 0.717) is 93.4 Å². The van der Waals surface area contributed by atoms with E-state index in [9.17, 15) is 39.6 Å². The largest absolute Gasteiger partial charge is 0.508 e. The number of hydrogen-bond donors (Lipinski definition) is 8. The average Bonchev–Trinajstić information content (AvgIpc) is 1.64. The second-order valence-electron chi connectivity index (χ2n) is 32.2. The Labute approximate surface area is 718 Å². The SMILES string of the molecule is CC(=O)Nc1nc2c(nc1Cc1ccccc1)-c1ccc(O)cc1C2.O=C(CC1CCCCC1)Nc1nc2c(nc1Cc1ccccc1)-c1ccc(O)cc1C2.O=C(CCCc1ccccc1)Nc1nc2c(nc1Cc1ccccc1)-c1ccc(O)cc1C2.O=C(Cc1ccc2ccccc2c1)Nc1nc2c(nc1Cc1ccccc1)-c1ccc(O)cc1C2. The van der Waals surface area contributed by atoms with Gasteiger partial charge in [0.2, 0.25) is 23.6 Å². The molecule has 20 rings (SSSR count). The highest BCUT2D eigenvalue weighted by Crippen LogP contribution is 2.43. The van der Waals surface area contributed by atoms with Gasteiger partial charge >= 0.3 is 0 Å². The first-order valence-electron chi connectivity index (χ1n) is 42.3. The van der Waals surface area contributed by atoms with Crippen molar-refractivity contribution in [2.75, 3.05) is 21.3 Å². The van der Waals surface area contributed by atoms with Gasteiger partial charge in [-0.3, -0.25) is 19.2 Å². The lowest BCUT2D eigenvalue weighted by molar-refractivity contribution is -0.117. The van der Waals surface area contributed by atoms with E-state index < -0.39 is 0 Å². The van der Waals surface area contributed by atoms with Gasteiger partial charge in [0.05, 0.1) is 74.7 Å². The van der Waals surface area contributed by atoms with Gasteiger partial charge in [-0.2, -0.15) is 0 Å². The fraction of sp³-hybridized carbons (Fsp3) is 0.192. The van der Waals surface area contributed by atoms with Crippen molar-refractivity contribution in [2.45, 2.75) is 122 Å². The van der Waals surface area contributed by atoms with E-state index in [1.165, 1.54) is 31.7 Å². The summed E-state index contributed by atoms with van der Waals surface area (Å²) in [7, 11) is 0. The van der Waals surface area contributed by atoms with E-state index in [2.05, 4.69) is 68.7 Å². The fourth-order valence-electron chi connectivity index (χ4n) is 17.0. The van der Waals surface area contributed by atoms with Crippen LogP contribution in [-0.4, -0.2) is 83.9 Å². The maximum atomic E-state index is 13.1. The van der Waals surface area contributed by atoms with E-state index >= 15 is 0 Å². The molecule has 15 aromatic rings. The van der Waals surface area contributed by atoms with Crippen molar-refractivity contribution in [1.82, 2.24) is 39.9 Å². The average molecular weight is 1640 g/mol. The van der Waals surface area contributed by atoms with E-state index in [1.54, 1.807) is 48.5 Å². The third-order valence-corrected chi connectivity index (χ3v) is 23.0. The molecule has 0 atom stereocenters. The second-order valence-corrected chi connectivity index (χ2v) is 32.2. The number of carbonyl (C=O) groups excluding carboxylic acids is 4. The molecular weight excluding hydrogens is 1550 g/mol. The molecule has 11 aromatic carbocycles.